The van der Waals surface area contributed by atoms with Crippen LogP contribution in [0.5, 0.6) is 0 Å². The highest BCUT2D eigenvalue weighted by Gasteiger charge is 2.44. The summed E-state index contributed by atoms with van der Waals surface area (Å²) >= 11 is 0. The molecule has 0 radical (unpaired) electrons. The predicted octanol–water partition coefficient (Wildman–Crippen LogP) is 1.40. The molecule has 2 bridgehead atoms. The second-order valence-corrected chi connectivity index (χ2v) is 5.29. The minimum absolute atomic E-state index is 0.0199. The molecule has 2 heterocycles. The van der Waals surface area contributed by atoms with Crippen molar-refractivity contribution in [1.29, 1.82) is 0 Å². The molecule has 16 heavy (non-hydrogen) atoms. The van der Waals surface area contributed by atoms with Gasteiger partial charge in [-0.2, -0.15) is 0 Å². The molecule has 0 aromatic rings. The molecule has 1 N–H and O–H groups in total. The Bertz CT molecular complexity index is 277. The number of hydroxylamine groups is 1. The summed E-state index contributed by atoms with van der Waals surface area (Å²) in [5.41, 5.74) is 2.59. The Balaban J connectivity index is 1.39. The van der Waals surface area contributed by atoms with Crippen molar-refractivity contribution < 1.29 is 14.4 Å². The Morgan fingerprint density at radius 2 is 2.19 bits per heavy atom. The van der Waals surface area contributed by atoms with Crippen LogP contribution in [-0.4, -0.2) is 24.7 Å². The first-order chi connectivity index (χ1) is 7.83. The van der Waals surface area contributed by atoms with E-state index in [9.17, 15) is 4.79 Å². The van der Waals surface area contributed by atoms with Gasteiger partial charge < -0.3 is 4.74 Å². The summed E-state index contributed by atoms with van der Waals surface area (Å²) in [6.45, 7) is 0.674. The lowest BCUT2D eigenvalue weighted by Gasteiger charge is -2.25. The van der Waals surface area contributed by atoms with Crippen LogP contribution in [0.1, 0.15) is 38.5 Å². The van der Waals surface area contributed by atoms with Crippen molar-refractivity contribution in [2.75, 3.05) is 6.61 Å². The third-order valence-corrected chi connectivity index (χ3v) is 4.16. The number of carbonyl (C=O) groups is 1. The molecule has 1 amide bonds. The van der Waals surface area contributed by atoms with Crippen LogP contribution in [0.3, 0.4) is 0 Å². The van der Waals surface area contributed by atoms with Gasteiger partial charge in [0.15, 0.2) is 0 Å². The number of amides is 1. The summed E-state index contributed by atoms with van der Waals surface area (Å²) in [4.78, 5) is 17.1. The zero-order valence-corrected chi connectivity index (χ0v) is 9.48. The maximum atomic E-state index is 11.8. The van der Waals surface area contributed by atoms with Gasteiger partial charge in [-0.1, -0.05) is 6.42 Å². The first-order valence-corrected chi connectivity index (χ1v) is 6.40. The molecule has 2 aliphatic heterocycles. The Kier molecular flexibility index (Phi) is 2.86. The summed E-state index contributed by atoms with van der Waals surface area (Å²) in [6, 6.07) is 0. The molecule has 3 rings (SSSR count). The topological polar surface area (TPSA) is 47.6 Å². The van der Waals surface area contributed by atoms with E-state index in [1.54, 1.807) is 0 Å². The van der Waals surface area contributed by atoms with Crippen molar-refractivity contribution in [3.8, 4) is 0 Å². The van der Waals surface area contributed by atoms with Crippen molar-refractivity contribution in [3.05, 3.63) is 0 Å². The van der Waals surface area contributed by atoms with Crippen molar-refractivity contribution in [2.24, 2.45) is 11.8 Å². The fourth-order valence-electron chi connectivity index (χ4n) is 2.88. The predicted molar refractivity (Wildman–Crippen MR) is 57.4 cm³/mol. The minimum atomic E-state index is 0.0199. The van der Waals surface area contributed by atoms with Crippen LogP contribution in [0.15, 0.2) is 0 Å². The summed E-state index contributed by atoms with van der Waals surface area (Å²) in [6.07, 6.45) is 7.30. The summed E-state index contributed by atoms with van der Waals surface area (Å²) in [7, 11) is 0. The number of carbonyl (C=O) groups excluding carboxylic acids is 1. The normalized spacial score (nSPS) is 37.4. The van der Waals surface area contributed by atoms with E-state index in [1.165, 1.54) is 19.3 Å². The molecule has 2 saturated heterocycles. The summed E-state index contributed by atoms with van der Waals surface area (Å²) in [5.74, 6) is 0.711. The zero-order chi connectivity index (χ0) is 11.0. The Morgan fingerprint density at radius 3 is 2.75 bits per heavy atom. The number of fused-ring (bicyclic) bond motifs is 2. The first-order valence-electron chi connectivity index (χ1n) is 6.40. The molecule has 0 unspecified atom stereocenters. The number of rotatable bonds is 4. The van der Waals surface area contributed by atoms with E-state index in [1.807, 2.05) is 0 Å². The highest BCUT2D eigenvalue weighted by atomic mass is 16.7. The third kappa shape index (κ3) is 1.96. The molecule has 3 atom stereocenters. The van der Waals surface area contributed by atoms with E-state index >= 15 is 0 Å². The first kappa shape index (κ1) is 10.5. The zero-order valence-electron chi connectivity index (χ0n) is 9.48. The van der Waals surface area contributed by atoms with E-state index in [0.717, 1.165) is 19.3 Å². The SMILES string of the molecule is O=C(NOCC1CCC1)[C@@H]1C[C@H]2CC[C@@H]1O2. The molecular weight excluding hydrogens is 206 g/mol. The second kappa shape index (κ2) is 4.34. The van der Waals surface area contributed by atoms with E-state index in [-0.39, 0.29) is 17.9 Å². The van der Waals surface area contributed by atoms with Crippen LogP contribution >= 0.6 is 0 Å². The van der Waals surface area contributed by atoms with Crippen LogP contribution in [0.2, 0.25) is 0 Å². The third-order valence-electron chi connectivity index (χ3n) is 4.16. The summed E-state index contributed by atoms with van der Waals surface area (Å²) in [5, 5.41) is 0. The average Bonchev–Trinajstić information content (AvgIpc) is 2.82. The van der Waals surface area contributed by atoms with Crippen LogP contribution in [0.25, 0.3) is 0 Å². The van der Waals surface area contributed by atoms with Gasteiger partial charge in [-0.3, -0.25) is 9.63 Å². The van der Waals surface area contributed by atoms with E-state index in [4.69, 9.17) is 9.57 Å². The molecule has 4 heteroatoms. The van der Waals surface area contributed by atoms with E-state index in [2.05, 4.69) is 5.48 Å². The van der Waals surface area contributed by atoms with Gasteiger partial charge in [0.2, 0.25) is 5.91 Å². The van der Waals surface area contributed by atoms with Gasteiger partial charge in [-0.25, -0.2) is 5.48 Å². The molecule has 0 aromatic heterocycles. The molecule has 3 aliphatic rings. The van der Waals surface area contributed by atoms with Gasteiger partial charge in [-0.15, -0.1) is 0 Å². The minimum Gasteiger partial charge on any atom is -0.374 e. The molecule has 90 valence electrons. The van der Waals surface area contributed by atoms with Crippen LogP contribution in [0.4, 0.5) is 0 Å². The fourth-order valence-corrected chi connectivity index (χ4v) is 2.88. The molecular formula is C12H19NO3. The molecule has 3 fully saturated rings. The number of nitrogens with one attached hydrogen (secondary N) is 1. The lowest BCUT2D eigenvalue weighted by molar-refractivity contribution is -0.141. The Morgan fingerprint density at radius 1 is 1.31 bits per heavy atom. The van der Waals surface area contributed by atoms with Gasteiger partial charge in [0.05, 0.1) is 24.7 Å². The maximum absolute atomic E-state index is 11.8. The monoisotopic (exact) mass is 225 g/mol. The molecule has 4 nitrogen and oxygen atoms in total. The number of ether oxygens (including phenoxy) is 1. The van der Waals surface area contributed by atoms with Gasteiger partial charge in [0, 0.05) is 0 Å². The highest BCUT2D eigenvalue weighted by Crippen LogP contribution is 2.38. The molecule has 1 aliphatic carbocycles. The van der Waals surface area contributed by atoms with Crippen molar-refractivity contribution in [2.45, 2.75) is 50.7 Å². The lowest BCUT2D eigenvalue weighted by Crippen LogP contribution is -2.37. The van der Waals surface area contributed by atoms with Crippen molar-refractivity contribution in [1.82, 2.24) is 5.48 Å². The maximum Gasteiger partial charge on any atom is 0.249 e. The standard InChI is InChI=1S/C12H19NO3/c14-12(13-15-7-8-2-1-3-8)10-6-9-4-5-11(10)16-9/h8-11H,1-7H2,(H,13,14)/t9-,10-,11+/m1/s1. The van der Waals surface area contributed by atoms with E-state index in [0.29, 0.717) is 18.6 Å². The Labute approximate surface area is 95.6 Å². The largest absolute Gasteiger partial charge is 0.374 e. The van der Waals surface area contributed by atoms with E-state index < -0.39 is 0 Å². The number of hydrogen-bond donors (Lipinski definition) is 1. The molecule has 0 aromatic carbocycles. The van der Waals surface area contributed by atoms with Gasteiger partial charge >= 0.3 is 0 Å². The second-order valence-electron chi connectivity index (χ2n) is 5.29. The molecule has 0 spiro atoms. The highest BCUT2D eigenvalue weighted by molar-refractivity contribution is 5.78. The fraction of sp³-hybridized carbons (Fsp3) is 0.917. The quantitative estimate of drug-likeness (QED) is 0.736. The summed E-state index contributed by atoms with van der Waals surface area (Å²) < 4.78 is 5.65. The van der Waals surface area contributed by atoms with Crippen LogP contribution in [0, 0.1) is 11.8 Å². The molecule has 1 saturated carbocycles. The van der Waals surface area contributed by atoms with Crippen LogP contribution < -0.4 is 5.48 Å². The van der Waals surface area contributed by atoms with Gasteiger partial charge in [0.1, 0.15) is 0 Å². The Hall–Kier alpha value is -0.610. The average molecular weight is 225 g/mol. The van der Waals surface area contributed by atoms with Crippen molar-refractivity contribution >= 4 is 5.91 Å². The van der Waals surface area contributed by atoms with Gasteiger partial charge in [0.25, 0.3) is 0 Å². The number of hydrogen-bond acceptors (Lipinski definition) is 3. The van der Waals surface area contributed by atoms with Crippen LogP contribution in [-0.2, 0) is 14.4 Å². The van der Waals surface area contributed by atoms with Crippen molar-refractivity contribution in [3.63, 3.8) is 0 Å². The lowest BCUT2D eigenvalue weighted by atomic mass is 9.86. The smallest absolute Gasteiger partial charge is 0.249 e. The van der Waals surface area contributed by atoms with Gasteiger partial charge in [-0.05, 0) is 38.0 Å².